The molecule has 3 rings (SSSR count). The molecule has 3 heterocycles. The Morgan fingerprint density at radius 1 is 1.36 bits per heavy atom. The Hall–Kier alpha value is -2.58. The number of thiophene rings is 1. The van der Waals surface area contributed by atoms with Crippen molar-refractivity contribution in [2.75, 3.05) is 13.7 Å². The van der Waals surface area contributed by atoms with E-state index in [1.807, 2.05) is 19.9 Å². The molecule has 0 aromatic carbocycles. The second kappa shape index (κ2) is 8.62. The lowest BCUT2D eigenvalue weighted by molar-refractivity contribution is 0.0894. The highest BCUT2D eigenvalue weighted by Gasteiger charge is 2.19. The highest BCUT2D eigenvalue weighted by molar-refractivity contribution is 7.12. The number of hydrogen-bond donors (Lipinski definition) is 1. The Labute approximate surface area is 168 Å². The molecule has 0 aliphatic carbocycles. The van der Waals surface area contributed by atoms with Gasteiger partial charge in [0.1, 0.15) is 0 Å². The zero-order chi connectivity index (χ0) is 20.3. The van der Waals surface area contributed by atoms with Gasteiger partial charge < -0.3 is 10.1 Å². The minimum atomic E-state index is -0.173. The Morgan fingerprint density at radius 3 is 2.79 bits per heavy atom. The van der Waals surface area contributed by atoms with Gasteiger partial charge >= 0.3 is 0 Å². The number of aryl methyl sites for hydroxylation is 2. The van der Waals surface area contributed by atoms with Crippen molar-refractivity contribution in [1.82, 2.24) is 25.1 Å². The number of amides is 1. The summed E-state index contributed by atoms with van der Waals surface area (Å²) in [5.41, 5.74) is 3.14. The van der Waals surface area contributed by atoms with Crippen LogP contribution in [0.15, 0.2) is 24.5 Å². The van der Waals surface area contributed by atoms with E-state index in [4.69, 9.17) is 4.74 Å². The van der Waals surface area contributed by atoms with Gasteiger partial charge in [-0.25, -0.2) is 14.6 Å². The second-order valence-electron chi connectivity index (χ2n) is 6.66. The Balaban J connectivity index is 1.89. The zero-order valence-electron chi connectivity index (χ0n) is 16.8. The van der Waals surface area contributed by atoms with Crippen LogP contribution < -0.4 is 5.32 Å². The molecular formula is C20H25N5O2S. The Kier molecular flexibility index (Phi) is 6.21. The third kappa shape index (κ3) is 4.13. The molecule has 0 aliphatic heterocycles. The van der Waals surface area contributed by atoms with E-state index >= 15 is 0 Å². The fraction of sp³-hybridized carbons (Fsp3) is 0.400. The fourth-order valence-corrected chi connectivity index (χ4v) is 3.98. The van der Waals surface area contributed by atoms with Gasteiger partial charge in [0.2, 0.25) is 0 Å². The molecule has 0 aliphatic rings. The monoisotopic (exact) mass is 399 g/mol. The minimum Gasteiger partial charge on any atom is -0.383 e. The number of methoxy groups -OCH3 is 1. The van der Waals surface area contributed by atoms with Crippen molar-refractivity contribution in [3.63, 3.8) is 0 Å². The smallest absolute Gasteiger partial charge is 0.255 e. The van der Waals surface area contributed by atoms with E-state index in [-0.39, 0.29) is 11.9 Å². The molecule has 0 spiro atoms. The van der Waals surface area contributed by atoms with E-state index in [0.717, 1.165) is 17.7 Å². The van der Waals surface area contributed by atoms with E-state index in [0.29, 0.717) is 23.8 Å². The first-order chi connectivity index (χ1) is 13.4. The molecular weight excluding hydrogens is 374 g/mol. The molecule has 1 N–H and O–H groups in total. The summed E-state index contributed by atoms with van der Waals surface area (Å²) < 4.78 is 6.75. The summed E-state index contributed by atoms with van der Waals surface area (Å²) in [5, 5.41) is 7.33. The summed E-state index contributed by atoms with van der Waals surface area (Å²) in [4.78, 5) is 24.1. The molecule has 7 nitrogen and oxygen atoms in total. The average Bonchev–Trinajstić information content (AvgIpc) is 3.23. The number of carbonyl (C=O) groups excluding carboxylic acids is 1. The Morgan fingerprint density at radius 2 is 2.14 bits per heavy atom. The molecule has 3 aromatic rings. The molecule has 3 aromatic heterocycles. The highest BCUT2D eigenvalue weighted by atomic mass is 32.1. The lowest BCUT2D eigenvalue weighted by Crippen LogP contribution is -2.37. The SMILES string of the molecule is CCC(COC)NC(=O)c1cnn(-c2nccc(-c3cc(C)sc3C)n2)c1C. The number of carbonyl (C=O) groups is 1. The first-order valence-electron chi connectivity index (χ1n) is 9.19. The van der Waals surface area contributed by atoms with Gasteiger partial charge in [-0.05, 0) is 39.3 Å². The first kappa shape index (κ1) is 20.2. The van der Waals surface area contributed by atoms with Crippen LogP contribution >= 0.6 is 11.3 Å². The molecule has 28 heavy (non-hydrogen) atoms. The van der Waals surface area contributed by atoms with Crippen molar-refractivity contribution < 1.29 is 9.53 Å². The van der Waals surface area contributed by atoms with Gasteiger partial charge in [-0.3, -0.25) is 4.79 Å². The lowest BCUT2D eigenvalue weighted by Gasteiger charge is -2.15. The maximum atomic E-state index is 12.6. The third-order valence-electron chi connectivity index (χ3n) is 4.60. The summed E-state index contributed by atoms with van der Waals surface area (Å²) in [5.74, 6) is 0.273. The van der Waals surface area contributed by atoms with Crippen molar-refractivity contribution in [1.29, 1.82) is 0 Å². The molecule has 0 saturated carbocycles. The van der Waals surface area contributed by atoms with Gasteiger partial charge in [-0.2, -0.15) is 5.10 Å². The molecule has 0 fully saturated rings. The second-order valence-corrected chi connectivity index (χ2v) is 8.12. The van der Waals surface area contributed by atoms with Crippen LogP contribution in [-0.2, 0) is 4.74 Å². The predicted octanol–water partition coefficient (Wildman–Crippen LogP) is 3.47. The number of ether oxygens (including phenoxy) is 1. The standard InChI is InChI=1S/C20H25N5O2S/c1-6-15(11-27-5)23-19(26)17-10-22-25(13(17)3)20-21-8-7-18(24-20)16-9-12(2)28-14(16)4/h7-10,15H,6,11H2,1-5H3,(H,23,26). The van der Waals surface area contributed by atoms with Crippen molar-refractivity contribution in [2.24, 2.45) is 0 Å². The number of hydrogen-bond acceptors (Lipinski definition) is 6. The van der Waals surface area contributed by atoms with Crippen molar-refractivity contribution in [3.8, 4) is 17.2 Å². The van der Waals surface area contributed by atoms with E-state index in [1.54, 1.807) is 35.5 Å². The maximum Gasteiger partial charge on any atom is 0.255 e. The van der Waals surface area contributed by atoms with Gasteiger partial charge in [0, 0.05) is 28.6 Å². The van der Waals surface area contributed by atoms with Crippen LogP contribution in [0.3, 0.4) is 0 Å². The molecule has 0 radical (unpaired) electrons. The third-order valence-corrected chi connectivity index (χ3v) is 5.57. The van der Waals surface area contributed by atoms with E-state index < -0.39 is 0 Å². The van der Waals surface area contributed by atoms with E-state index in [2.05, 4.69) is 40.3 Å². The minimum absolute atomic E-state index is 0.0374. The maximum absolute atomic E-state index is 12.6. The van der Waals surface area contributed by atoms with Crippen molar-refractivity contribution in [2.45, 2.75) is 40.2 Å². The summed E-state index contributed by atoms with van der Waals surface area (Å²) in [6.07, 6.45) is 4.06. The van der Waals surface area contributed by atoms with E-state index in [9.17, 15) is 4.79 Å². The fourth-order valence-electron chi connectivity index (χ4n) is 3.05. The molecule has 1 atom stereocenters. The quantitative estimate of drug-likeness (QED) is 0.658. The van der Waals surface area contributed by atoms with Crippen LogP contribution in [0.1, 0.15) is 39.2 Å². The molecule has 1 amide bonds. The largest absolute Gasteiger partial charge is 0.383 e. The van der Waals surface area contributed by atoms with Crippen LogP contribution in [-0.4, -0.2) is 45.4 Å². The van der Waals surface area contributed by atoms with Gasteiger partial charge in [0.05, 0.1) is 35.8 Å². The number of nitrogens with one attached hydrogen (secondary N) is 1. The molecule has 8 heteroatoms. The molecule has 0 saturated heterocycles. The van der Waals surface area contributed by atoms with E-state index in [1.165, 1.54) is 9.75 Å². The number of aromatic nitrogens is 4. The Bertz CT molecular complexity index is 979. The number of nitrogens with zero attached hydrogens (tertiary/aromatic N) is 4. The van der Waals surface area contributed by atoms with Crippen molar-refractivity contribution in [3.05, 3.63) is 45.5 Å². The molecule has 0 bridgehead atoms. The zero-order valence-corrected chi connectivity index (χ0v) is 17.6. The van der Waals surface area contributed by atoms with Crippen molar-refractivity contribution >= 4 is 17.2 Å². The average molecular weight is 400 g/mol. The van der Waals surface area contributed by atoms with Crippen LogP contribution in [0.4, 0.5) is 0 Å². The van der Waals surface area contributed by atoms with Gasteiger partial charge in [-0.15, -0.1) is 11.3 Å². The summed E-state index contributed by atoms with van der Waals surface area (Å²) in [7, 11) is 1.62. The van der Waals surface area contributed by atoms with Gasteiger partial charge in [-0.1, -0.05) is 6.92 Å². The first-order valence-corrected chi connectivity index (χ1v) is 10.0. The molecule has 1 unspecified atom stereocenters. The summed E-state index contributed by atoms with van der Waals surface area (Å²) in [6, 6.07) is 3.98. The highest BCUT2D eigenvalue weighted by Crippen LogP contribution is 2.29. The normalized spacial score (nSPS) is 12.2. The topological polar surface area (TPSA) is 81.9 Å². The summed E-state index contributed by atoms with van der Waals surface area (Å²) in [6.45, 7) is 8.49. The van der Waals surface area contributed by atoms with Crippen LogP contribution in [0.2, 0.25) is 0 Å². The number of rotatable bonds is 7. The summed E-state index contributed by atoms with van der Waals surface area (Å²) >= 11 is 1.74. The molecule has 148 valence electrons. The van der Waals surface area contributed by atoms with Crippen LogP contribution in [0, 0.1) is 20.8 Å². The predicted molar refractivity (Wildman–Crippen MR) is 110 cm³/mol. The van der Waals surface area contributed by atoms with Crippen LogP contribution in [0.5, 0.6) is 0 Å². The van der Waals surface area contributed by atoms with Gasteiger partial charge in [0.25, 0.3) is 11.9 Å². The lowest BCUT2D eigenvalue weighted by atomic mass is 10.2. The van der Waals surface area contributed by atoms with Crippen LogP contribution in [0.25, 0.3) is 17.2 Å². The van der Waals surface area contributed by atoms with Gasteiger partial charge in [0.15, 0.2) is 0 Å².